The van der Waals surface area contributed by atoms with Crippen molar-refractivity contribution in [3.8, 4) is 0 Å². The summed E-state index contributed by atoms with van der Waals surface area (Å²) in [6.45, 7) is 3.79. The van der Waals surface area contributed by atoms with E-state index in [0.717, 1.165) is 37.4 Å². The first kappa shape index (κ1) is 17.3. The third-order valence-corrected chi connectivity index (χ3v) is 4.85. The highest BCUT2D eigenvalue weighted by molar-refractivity contribution is 6.30. The zero-order valence-electron chi connectivity index (χ0n) is 13.9. The van der Waals surface area contributed by atoms with Crippen LogP contribution in [0.1, 0.15) is 44.1 Å². The zero-order valence-corrected chi connectivity index (χ0v) is 14.6. The van der Waals surface area contributed by atoms with Crippen LogP contribution in [-0.4, -0.2) is 48.9 Å². The third kappa shape index (κ3) is 4.23. The van der Waals surface area contributed by atoms with Gasteiger partial charge in [0.25, 0.3) is 0 Å². The molecule has 1 fully saturated rings. The Balaban J connectivity index is 2.16. The van der Waals surface area contributed by atoms with Gasteiger partial charge in [-0.05, 0) is 44.6 Å². The Morgan fingerprint density at radius 2 is 2.18 bits per heavy atom. The van der Waals surface area contributed by atoms with Crippen LogP contribution in [0.25, 0.3) is 0 Å². The van der Waals surface area contributed by atoms with E-state index < -0.39 is 0 Å². The average molecular weight is 323 g/mol. The highest BCUT2D eigenvalue weighted by Crippen LogP contribution is 2.31. The number of halogens is 1. The topological polar surface area (TPSA) is 23.6 Å². The maximum absolute atomic E-state index is 12.4. The minimum atomic E-state index is 0.297. The summed E-state index contributed by atoms with van der Waals surface area (Å²) in [4.78, 5) is 16.7. The number of piperidine rings is 1. The molecular weight excluding hydrogens is 296 g/mol. The predicted octanol–water partition coefficient (Wildman–Crippen LogP) is 3.78. The van der Waals surface area contributed by atoms with Crippen molar-refractivity contribution in [1.82, 2.24) is 9.80 Å². The Hall–Kier alpha value is -1.06. The number of unbranched alkanes of at least 4 members (excludes halogenated alkanes) is 1. The average Bonchev–Trinajstić information content (AvgIpc) is 2.51. The van der Waals surface area contributed by atoms with Crippen molar-refractivity contribution in [2.75, 3.05) is 27.2 Å². The maximum atomic E-state index is 12.4. The van der Waals surface area contributed by atoms with Crippen LogP contribution in [-0.2, 0) is 4.79 Å². The molecule has 1 amide bonds. The number of rotatable bonds is 5. The van der Waals surface area contributed by atoms with Crippen LogP contribution in [0.2, 0.25) is 5.02 Å². The van der Waals surface area contributed by atoms with Gasteiger partial charge in [0.05, 0.1) is 0 Å². The second-order valence-corrected chi connectivity index (χ2v) is 6.86. The summed E-state index contributed by atoms with van der Waals surface area (Å²) in [6, 6.07) is 8.54. The van der Waals surface area contributed by atoms with Gasteiger partial charge in [-0.25, -0.2) is 0 Å². The van der Waals surface area contributed by atoms with Gasteiger partial charge in [0.15, 0.2) is 0 Å². The summed E-state index contributed by atoms with van der Waals surface area (Å²) in [5.41, 5.74) is 1.24. The summed E-state index contributed by atoms with van der Waals surface area (Å²) >= 11 is 6.16. The molecule has 0 spiro atoms. The maximum Gasteiger partial charge on any atom is 0.222 e. The van der Waals surface area contributed by atoms with Crippen LogP contribution in [0.3, 0.4) is 0 Å². The van der Waals surface area contributed by atoms with Gasteiger partial charge in [-0.3, -0.25) is 4.79 Å². The SMILES string of the molecule is CCCCC(=O)N1CCC(N(C)C)C(c2cccc(Cl)c2)C1. The molecule has 1 aromatic carbocycles. The lowest BCUT2D eigenvalue weighted by Crippen LogP contribution is -2.49. The first-order chi connectivity index (χ1) is 10.5. The van der Waals surface area contributed by atoms with Crippen molar-refractivity contribution >= 4 is 17.5 Å². The summed E-state index contributed by atoms with van der Waals surface area (Å²) in [5.74, 6) is 0.624. The van der Waals surface area contributed by atoms with Crippen LogP contribution in [0.5, 0.6) is 0 Å². The number of benzene rings is 1. The lowest BCUT2D eigenvalue weighted by atomic mass is 9.85. The fraction of sp³-hybridized carbons (Fsp3) is 0.611. The molecule has 0 aliphatic carbocycles. The number of nitrogens with zero attached hydrogens (tertiary/aromatic N) is 2. The Morgan fingerprint density at radius 1 is 1.41 bits per heavy atom. The van der Waals surface area contributed by atoms with Crippen molar-refractivity contribution < 1.29 is 4.79 Å². The van der Waals surface area contributed by atoms with Gasteiger partial charge in [0, 0.05) is 36.5 Å². The number of likely N-dealkylation sites (N-methyl/N-ethyl adjacent to an activating group) is 1. The molecule has 1 heterocycles. The van der Waals surface area contributed by atoms with E-state index in [4.69, 9.17) is 11.6 Å². The van der Waals surface area contributed by atoms with Gasteiger partial charge in [-0.1, -0.05) is 37.1 Å². The number of likely N-dealkylation sites (tertiary alicyclic amines) is 1. The van der Waals surface area contributed by atoms with E-state index in [1.54, 1.807) is 0 Å². The second-order valence-electron chi connectivity index (χ2n) is 6.42. The molecular formula is C18H27ClN2O. The fourth-order valence-corrected chi connectivity index (χ4v) is 3.53. The van der Waals surface area contributed by atoms with E-state index in [1.165, 1.54) is 5.56 Å². The summed E-state index contributed by atoms with van der Waals surface area (Å²) in [5, 5.41) is 0.768. The molecule has 1 saturated heterocycles. The molecule has 2 rings (SSSR count). The van der Waals surface area contributed by atoms with Crippen LogP contribution < -0.4 is 0 Å². The van der Waals surface area contributed by atoms with Crippen LogP contribution >= 0.6 is 11.6 Å². The van der Waals surface area contributed by atoms with Crippen molar-refractivity contribution in [2.24, 2.45) is 0 Å². The van der Waals surface area contributed by atoms with E-state index in [1.807, 2.05) is 23.1 Å². The first-order valence-electron chi connectivity index (χ1n) is 8.22. The van der Waals surface area contributed by atoms with Gasteiger partial charge in [0.2, 0.25) is 5.91 Å². The normalized spacial score (nSPS) is 22.1. The van der Waals surface area contributed by atoms with Gasteiger partial charge >= 0.3 is 0 Å². The Bertz CT molecular complexity index is 504. The van der Waals surface area contributed by atoms with Crippen molar-refractivity contribution in [1.29, 1.82) is 0 Å². The minimum absolute atomic E-state index is 0.297. The lowest BCUT2D eigenvalue weighted by molar-refractivity contribution is -0.133. The summed E-state index contributed by atoms with van der Waals surface area (Å²) < 4.78 is 0. The Labute approximate surface area is 139 Å². The predicted molar refractivity (Wildman–Crippen MR) is 92.4 cm³/mol. The van der Waals surface area contributed by atoms with Gasteiger partial charge < -0.3 is 9.80 Å². The number of amides is 1. The standard InChI is InChI=1S/C18H27ClN2O/c1-4-5-9-18(22)21-11-10-17(20(2)3)16(13-21)14-7-6-8-15(19)12-14/h6-8,12,16-17H,4-5,9-11,13H2,1-3H3. The number of hydrogen-bond donors (Lipinski definition) is 0. The molecule has 0 N–H and O–H groups in total. The molecule has 2 unspecified atom stereocenters. The van der Waals surface area contributed by atoms with Gasteiger partial charge in [0.1, 0.15) is 0 Å². The molecule has 4 heteroatoms. The third-order valence-electron chi connectivity index (χ3n) is 4.61. The molecule has 0 bridgehead atoms. The van der Waals surface area contributed by atoms with E-state index in [9.17, 15) is 4.79 Å². The second kappa shape index (κ2) is 7.98. The molecule has 22 heavy (non-hydrogen) atoms. The van der Waals surface area contributed by atoms with Crippen LogP contribution in [0, 0.1) is 0 Å². The molecule has 1 aliphatic rings. The largest absolute Gasteiger partial charge is 0.342 e. The number of carbonyl (C=O) groups is 1. The first-order valence-corrected chi connectivity index (χ1v) is 8.60. The quantitative estimate of drug-likeness (QED) is 0.823. The van der Waals surface area contributed by atoms with Gasteiger partial charge in [-0.2, -0.15) is 0 Å². The van der Waals surface area contributed by atoms with Crippen molar-refractivity contribution in [3.63, 3.8) is 0 Å². The van der Waals surface area contributed by atoms with E-state index in [0.29, 0.717) is 24.3 Å². The fourth-order valence-electron chi connectivity index (χ4n) is 3.34. The van der Waals surface area contributed by atoms with Crippen LogP contribution in [0.4, 0.5) is 0 Å². The summed E-state index contributed by atoms with van der Waals surface area (Å²) in [7, 11) is 4.24. The monoisotopic (exact) mass is 322 g/mol. The number of hydrogen-bond acceptors (Lipinski definition) is 2. The highest BCUT2D eigenvalue weighted by atomic mass is 35.5. The molecule has 1 aromatic rings. The van der Waals surface area contributed by atoms with Crippen molar-refractivity contribution in [2.45, 2.75) is 44.6 Å². The van der Waals surface area contributed by atoms with Crippen LogP contribution in [0.15, 0.2) is 24.3 Å². The lowest BCUT2D eigenvalue weighted by Gasteiger charge is -2.42. The molecule has 2 atom stereocenters. The number of carbonyl (C=O) groups excluding carboxylic acids is 1. The molecule has 0 radical (unpaired) electrons. The van der Waals surface area contributed by atoms with E-state index >= 15 is 0 Å². The molecule has 3 nitrogen and oxygen atoms in total. The Kier molecular flexibility index (Phi) is 6.27. The minimum Gasteiger partial charge on any atom is -0.342 e. The molecule has 0 saturated carbocycles. The molecule has 1 aliphatic heterocycles. The summed E-state index contributed by atoms with van der Waals surface area (Å²) in [6.07, 6.45) is 3.74. The smallest absolute Gasteiger partial charge is 0.222 e. The molecule has 0 aromatic heterocycles. The van der Waals surface area contributed by atoms with E-state index in [2.05, 4.69) is 32.0 Å². The van der Waals surface area contributed by atoms with Gasteiger partial charge in [-0.15, -0.1) is 0 Å². The highest BCUT2D eigenvalue weighted by Gasteiger charge is 2.33. The Morgan fingerprint density at radius 3 is 2.82 bits per heavy atom. The van der Waals surface area contributed by atoms with Crippen molar-refractivity contribution in [3.05, 3.63) is 34.9 Å². The van der Waals surface area contributed by atoms with E-state index in [-0.39, 0.29) is 0 Å². The zero-order chi connectivity index (χ0) is 16.1. The molecule has 122 valence electrons.